The number of alkyl halides is 1. The van der Waals surface area contributed by atoms with E-state index in [1.165, 1.54) is 0 Å². The summed E-state index contributed by atoms with van der Waals surface area (Å²) in [5.74, 6) is -0.256. The van der Waals surface area contributed by atoms with Gasteiger partial charge in [0.15, 0.2) is 0 Å². The molecule has 0 spiro atoms. The van der Waals surface area contributed by atoms with Crippen LogP contribution in [0.3, 0.4) is 0 Å². The van der Waals surface area contributed by atoms with Gasteiger partial charge in [-0.15, -0.1) is 0 Å². The molecule has 21 heavy (non-hydrogen) atoms. The molecule has 120 valence electrons. The fraction of sp³-hybridized carbons (Fsp3) is 0.882. The van der Waals surface area contributed by atoms with E-state index >= 15 is 0 Å². The van der Waals surface area contributed by atoms with E-state index in [9.17, 15) is 14.0 Å². The van der Waals surface area contributed by atoms with Crippen molar-refractivity contribution in [2.75, 3.05) is 0 Å². The van der Waals surface area contributed by atoms with Crippen LogP contribution in [-0.2, 0) is 14.3 Å². The van der Waals surface area contributed by atoms with Crippen molar-refractivity contribution in [2.45, 2.75) is 89.8 Å². The van der Waals surface area contributed by atoms with Crippen molar-refractivity contribution in [3.63, 3.8) is 0 Å². The third kappa shape index (κ3) is 3.00. The number of hydrogen-bond donors (Lipinski definition) is 0. The normalized spacial score (nSPS) is 34.4. The number of esters is 1. The van der Waals surface area contributed by atoms with Crippen LogP contribution in [0.15, 0.2) is 0 Å². The molecule has 1 heterocycles. The third-order valence-electron chi connectivity index (χ3n) is 5.51. The van der Waals surface area contributed by atoms with Gasteiger partial charge in [0.25, 0.3) is 0 Å². The quantitative estimate of drug-likeness (QED) is 0.664. The molecule has 2 fully saturated rings. The van der Waals surface area contributed by atoms with Gasteiger partial charge in [-0.05, 0) is 46.0 Å². The molecule has 2 aliphatic rings. The van der Waals surface area contributed by atoms with Crippen LogP contribution < -0.4 is 0 Å². The summed E-state index contributed by atoms with van der Waals surface area (Å²) in [6.45, 7) is 5.48. The van der Waals surface area contributed by atoms with Crippen LogP contribution in [0.2, 0.25) is 0 Å². The second kappa shape index (κ2) is 5.69. The molecule has 2 unspecified atom stereocenters. The van der Waals surface area contributed by atoms with Gasteiger partial charge in [-0.1, -0.05) is 19.8 Å². The zero-order chi connectivity index (χ0) is 15.7. The summed E-state index contributed by atoms with van der Waals surface area (Å²) in [4.78, 5) is 24.4. The van der Waals surface area contributed by atoms with Crippen LogP contribution in [-0.4, -0.2) is 23.0 Å². The van der Waals surface area contributed by atoms with Gasteiger partial charge in [-0.3, -0.25) is 9.59 Å². The van der Waals surface area contributed by atoms with E-state index in [4.69, 9.17) is 4.74 Å². The van der Waals surface area contributed by atoms with Crippen molar-refractivity contribution < 1.29 is 18.7 Å². The number of carbonyl (C=O) groups excluding carboxylic acids is 2. The average molecular weight is 298 g/mol. The highest BCUT2D eigenvalue weighted by atomic mass is 19.1. The highest BCUT2D eigenvalue weighted by Gasteiger charge is 2.64. The van der Waals surface area contributed by atoms with E-state index < -0.39 is 16.7 Å². The van der Waals surface area contributed by atoms with Gasteiger partial charge in [0, 0.05) is 6.42 Å². The lowest BCUT2D eigenvalue weighted by molar-refractivity contribution is -0.150. The highest BCUT2D eigenvalue weighted by molar-refractivity contribution is 5.93. The fourth-order valence-electron chi connectivity index (χ4n) is 4.01. The van der Waals surface area contributed by atoms with Crippen LogP contribution in [0.5, 0.6) is 0 Å². The third-order valence-corrected chi connectivity index (χ3v) is 5.51. The van der Waals surface area contributed by atoms with Crippen LogP contribution in [0.1, 0.15) is 78.6 Å². The number of rotatable bonds is 7. The lowest BCUT2D eigenvalue weighted by atomic mass is 9.70. The molecule has 0 aromatic carbocycles. The Kier molecular flexibility index (Phi) is 4.46. The Morgan fingerprint density at radius 3 is 2.76 bits per heavy atom. The lowest BCUT2D eigenvalue weighted by Gasteiger charge is -2.34. The Morgan fingerprint density at radius 2 is 2.10 bits per heavy atom. The topological polar surface area (TPSA) is 43.4 Å². The maximum Gasteiger partial charge on any atom is 0.307 e. The van der Waals surface area contributed by atoms with Crippen molar-refractivity contribution in [3.05, 3.63) is 0 Å². The number of ether oxygens (including phenoxy) is 1. The first-order valence-electron chi connectivity index (χ1n) is 8.19. The number of fused-ring (bicyclic) bond motifs is 1. The molecular weight excluding hydrogens is 271 g/mol. The van der Waals surface area contributed by atoms with E-state index in [0.717, 1.165) is 25.7 Å². The number of Topliss-reactive ketones (excluding diaryl/α,β-unsaturated/α-hetero) is 1. The maximum absolute atomic E-state index is 14.4. The predicted octanol–water partition coefficient (Wildman–Crippen LogP) is 4.13. The molecule has 0 N–H and O–H groups in total. The molecular formula is C17H27FO3. The molecule has 1 aliphatic carbocycles. The van der Waals surface area contributed by atoms with Gasteiger partial charge in [0.1, 0.15) is 17.1 Å². The first kappa shape index (κ1) is 16.4. The Bertz CT molecular complexity index is 432. The van der Waals surface area contributed by atoms with Crippen molar-refractivity contribution >= 4 is 11.8 Å². The predicted molar refractivity (Wildman–Crippen MR) is 78.7 cm³/mol. The zero-order valence-electron chi connectivity index (χ0n) is 13.5. The minimum absolute atomic E-state index is 0.0220. The Hall–Kier alpha value is -0.930. The fourth-order valence-corrected chi connectivity index (χ4v) is 4.01. The zero-order valence-corrected chi connectivity index (χ0v) is 13.5. The molecule has 1 saturated carbocycles. The first-order chi connectivity index (χ1) is 9.75. The molecule has 0 amide bonds. The monoisotopic (exact) mass is 298 g/mol. The molecule has 1 aliphatic heterocycles. The SMILES string of the molecule is CCCC[C@](C)(F)CCC(=O)C12CCCC1(C)OC(=O)C2. The van der Waals surface area contributed by atoms with Crippen LogP contribution >= 0.6 is 0 Å². The van der Waals surface area contributed by atoms with Gasteiger partial charge >= 0.3 is 5.97 Å². The summed E-state index contributed by atoms with van der Waals surface area (Å²) >= 11 is 0. The molecule has 0 aromatic rings. The maximum atomic E-state index is 14.4. The van der Waals surface area contributed by atoms with E-state index in [1.54, 1.807) is 6.92 Å². The highest BCUT2D eigenvalue weighted by Crippen LogP contribution is 2.56. The first-order valence-corrected chi connectivity index (χ1v) is 8.19. The number of halogens is 1. The van der Waals surface area contributed by atoms with E-state index in [0.29, 0.717) is 12.8 Å². The lowest BCUT2D eigenvalue weighted by Crippen LogP contribution is -2.44. The minimum Gasteiger partial charge on any atom is -0.458 e. The average Bonchev–Trinajstić information content (AvgIpc) is 2.83. The molecule has 4 heteroatoms. The van der Waals surface area contributed by atoms with Gasteiger partial charge in [-0.2, -0.15) is 0 Å². The summed E-state index contributed by atoms with van der Waals surface area (Å²) < 4.78 is 19.8. The second-order valence-electron chi connectivity index (χ2n) is 7.26. The molecule has 2 rings (SSSR count). The minimum atomic E-state index is -1.29. The van der Waals surface area contributed by atoms with Crippen LogP contribution in [0, 0.1) is 5.41 Å². The summed E-state index contributed by atoms with van der Waals surface area (Å²) in [6, 6.07) is 0. The van der Waals surface area contributed by atoms with Crippen molar-refractivity contribution in [2.24, 2.45) is 5.41 Å². The Labute approximate surface area is 126 Å². The molecule has 0 bridgehead atoms. The smallest absolute Gasteiger partial charge is 0.307 e. The van der Waals surface area contributed by atoms with Crippen LogP contribution in [0.4, 0.5) is 4.39 Å². The van der Waals surface area contributed by atoms with Crippen molar-refractivity contribution in [1.82, 2.24) is 0 Å². The van der Waals surface area contributed by atoms with Gasteiger partial charge in [0.05, 0.1) is 11.8 Å². The Morgan fingerprint density at radius 1 is 1.38 bits per heavy atom. The van der Waals surface area contributed by atoms with E-state index in [1.807, 2.05) is 13.8 Å². The second-order valence-corrected chi connectivity index (χ2v) is 7.26. The summed E-state index contributed by atoms with van der Waals surface area (Å²) in [6.07, 6.45) is 5.28. The van der Waals surface area contributed by atoms with Gasteiger partial charge in [-0.25, -0.2) is 4.39 Å². The summed E-state index contributed by atoms with van der Waals surface area (Å²) in [5.41, 5.74) is -2.64. The molecule has 0 radical (unpaired) electrons. The number of carbonyl (C=O) groups is 2. The van der Waals surface area contributed by atoms with Crippen LogP contribution in [0.25, 0.3) is 0 Å². The molecule has 0 aromatic heterocycles. The van der Waals surface area contributed by atoms with Crippen molar-refractivity contribution in [3.8, 4) is 0 Å². The summed E-state index contributed by atoms with van der Waals surface area (Å²) in [5, 5.41) is 0. The molecule has 1 saturated heterocycles. The largest absolute Gasteiger partial charge is 0.458 e. The van der Waals surface area contributed by atoms with Gasteiger partial charge in [0.2, 0.25) is 0 Å². The van der Waals surface area contributed by atoms with Crippen molar-refractivity contribution in [1.29, 1.82) is 0 Å². The van der Waals surface area contributed by atoms with Gasteiger partial charge < -0.3 is 4.74 Å². The standard InChI is InChI=1S/C17H27FO3/c1-4-5-8-15(2,18)11-7-13(19)17-10-6-9-16(17,3)21-14(20)12-17/h4-12H2,1-3H3/t15-,16?,17?/m0/s1. The summed E-state index contributed by atoms with van der Waals surface area (Å²) in [7, 11) is 0. The van der Waals surface area contributed by atoms with E-state index in [-0.39, 0.29) is 31.0 Å². The number of unbranched alkanes of at least 4 members (excludes halogenated alkanes) is 1. The Balaban J connectivity index is 2.01. The molecule has 3 atom stereocenters. The number of ketones is 1. The molecule has 3 nitrogen and oxygen atoms in total. The number of hydrogen-bond acceptors (Lipinski definition) is 3. The van der Waals surface area contributed by atoms with E-state index in [2.05, 4.69) is 0 Å².